The Balaban J connectivity index is 2.32. The SMILES string of the molecule is CCCCn1cc(S(=O)(=O)c2ccccc2)c(=O)c2cc(Cl)ccc21. The average molecular weight is 376 g/mol. The van der Waals surface area contributed by atoms with E-state index in [1.165, 1.54) is 24.4 Å². The lowest BCUT2D eigenvalue weighted by atomic mass is 10.2. The van der Waals surface area contributed by atoms with E-state index >= 15 is 0 Å². The van der Waals surface area contributed by atoms with Crippen molar-refractivity contribution in [2.75, 3.05) is 0 Å². The van der Waals surface area contributed by atoms with Gasteiger partial charge in [-0.15, -0.1) is 0 Å². The molecule has 130 valence electrons. The van der Waals surface area contributed by atoms with Gasteiger partial charge in [-0.1, -0.05) is 43.1 Å². The van der Waals surface area contributed by atoms with Gasteiger partial charge < -0.3 is 4.57 Å². The van der Waals surface area contributed by atoms with Crippen LogP contribution in [0.15, 0.2) is 69.3 Å². The van der Waals surface area contributed by atoms with Crippen LogP contribution in [0.1, 0.15) is 19.8 Å². The largest absolute Gasteiger partial charge is 0.346 e. The Bertz CT molecular complexity index is 1070. The molecule has 0 fully saturated rings. The molecule has 0 radical (unpaired) electrons. The normalized spacial score (nSPS) is 11.8. The summed E-state index contributed by atoms with van der Waals surface area (Å²) in [6.45, 7) is 2.69. The zero-order valence-corrected chi connectivity index (χ0v) is 15.3. The number of hydrogen-bond acceptors (Lipinski definition) is 3. The van der Waals surface area contributed by atoms with Gasteiger partial charge in [-0.25, -0.2) is 8.42 Å². The highest BCUT2D eigenvalue weighted by Crippen LogP contribution is 2.23. The van der Waals surface area contributed by atoms with Crippen LogP contribution in [-0.4, -0.2) is 13.0 Å². The number of aryl methyl sites for hydroxylation is 1. The number of unbranched alkanes of at least 4 members (excludes halogenated alkanes) is 1. The van der Waals surface area contributed by atoms with E-state index in [0.29, 0.717) is 22.5 Å². The van der Waals surface area contributed by atoms with Crippen LogP contribution in [0.4, 0.5) is 0 Å². The Hall–Kier alpha value is -2.11. The fraction of sp³-hybridized carbons (Fsp3) is 0.211. The molecule has 0 atom stereocenters. The van der Waals surface area contributed by atoms with Gasteiger partial charge in [0.2, 0.25) is 15.3 Å². The molecule has 0 aliphatic rings. The summed E-state index contributed by atoms with van der Waals surface area (Å²) in [5.74, 6) is 0. The van der Waals surface area contributed by atoms with Crippen LogP contribution < -0.4 is 5.43 Å². The minimum Gasteiger partial charge on any atom is -0.346 e. The summed E-state index contributed by atoms with van der Waals surface area (Å²) in [6, 6.07) is 13.0. The van der Waals surface area contributed by atoms with E-state index in [0.717, 1.165) is 12.8 Å². The van der Waals surface area contributed by atoms with Crippen molar-refractivity contribution in [3.05, 3.63) is 70.0 Å². The second kappa shape index (κ2) is 7.02. The number of aromatic nitrogens is 1. The molecule has 25 heavy (non-hydrogen) atoms. The summed E-state index contributed by atoms with van der Waals surface area (Å²) in [4.78, 5) is 12.8. The molecule has 3 rings (SSSR count). The second-order valence-electron chi connectivity index (χ2n) is 5.85. The predicted octanol–water partition coefficient (Wildman–Crippen LogP) is 4.29. The van der Waals surface area contributed by atoms with Crippen LogP contribution in [0.5, 0.6) is 0 Å². The summed E-state index contributed by atoms with van der Waals surface area (Å²) in [7, 11) is -3.90. The number of fused-ring (bicyclic) bond motifs is 1. The molecule has 0 spiro atoms. The van der Waals surface area contributed by atoms with E-state index in [4.69, 9.17) is 11.6 Å². The van der Waals surface area contributed by atoms with Crippen LogP contribution in [0.25, 0.3) is 10.9 Å². The summed E-state index contributed by atoms with van der Waals surface area (Å²) in [5.41, 5.74) is 0.170. The third-order valence-corrected chi connectivity index (χ3v) is 6.10. The van der Waals surface area contributed by atoms with E-state index in [-0.39, 0.29) is 9.79 Å². The van der Waals surface area contributed by atoms with E-state index in [1.807, 2.05) is 4.57 Å². The van der Waals surface area contributed by atoms with E-state index in [9.17, 15) is 13.2 Å². The molecule has 0 N–H and O–H groups in total. The van der Waals surface area contributed by atoms with Crippen LogP contribution >= 0.6 is 11.6 Å². The maximum atomic E-state index is 13.0. The number of hydrogen-bond donors (Lipinski definition) is 0. The molecule has 1 heterocycles. The topological polar surface area (TPSA) is 56.1 Å². The highest BCUT2D eigenvalue weighted by molar-refractivity contribution is 7.91. The van der Waals surface area contributed by atoms with Gasteiger partial charge in [0, 0.05) is 23.2 Å². The van der Waals surface area contributed by atoms with Gasteiger partial charge in [0.05, 0.1) is 10.4 Å². The number of halogens is 1. The van der Waals surface area contributed by atoms with Crippen molar-refractivity contribution in [2.24, 2.45) is 0 Å². The minimum absolute atomic E-state index is 0.107. The molecule has 6 heteroatoms. The molecule has 0 saturated heterocycles. The first kappa shape index (κ1) is 17.7. The van der Waals surface area contributed by atoms with Gasteiger partial charge in [0.1, 0.15) is 4.90 Å². The van der Waals surface area contributed by atoms with E-state index < -0.39 is 15.3 Å². The van der Waals surface area contributed by atoms with Crippen molar-refractivity contribution < 1.29 is 8.42 Å². The lowest BCUT2D eigenvalue weighted by molar-refractivity contribution is 0.591. The maximum Gasteiger partial charge on any atom is 0.211 e. The summed E-state index contributed by atoms with van der Waals surface area (Å²) in [5, 5.41) is 0.724. The highest BCUT2D eigenvalue weighted by Gasteiger charge is 2.23. The molecule has 0 saturated carbocycles. The molecule has 1 aromatic heterocycles. The molecular formula is C19H18ClNO3S. The standard InChI is InChI=1S/C19H18ClNO3S/c1-2-3-11-21-13-18(25(23,24)15-7-5-4-6-8-15)19(22)16-12-14(20)9-10-17(16)21/h4-10,12-13H,2-3,11H2,1H3. The summed E-state index contributed by atoms with van der Waals surface area (Å²) in [6.07, 6.45) is 3.30. The van der Waals surface area contributed by atoms with Crippen molar-refractivity contribution in [2.45, 2.75) is 36.1 Å². The van der Waals surface area contributed by atoms with Crippen LogP contribution in [0.3, 0.4) is 0 Å². The fourth-order valence-electron chi connectivity index (χ4n) is 2.77. The smallest absolute Gasteiger partial charge is 0.211 e. The third-order valence-electron chi connectivity index (χ3n) is 4.11. The lowest BCUT2D eigenvalue weighted by Gasteiger charge is -2.14. The minimum atomic E-state index is -3.90. The number of sulfone groups is 1. The molecule has 0 unspecified atom stereocenters. The monoisotopic (exact) mass is 375 g/mol. The second-order valence-corrected chi connectivity index (χ2v) is 8.20. The quantitative estimate of drug-likeness (QED) is 0.668. The number of rotatable bonds is 5. The van der Waals surface area contributed by atoms with Gasteiger partial charge >= 0.3 is 0 Å². The highest BCUT2D eigenvalue weighted by atomic mass is 35.5. The molecule has 2 aromatic carbocycles. The number of pyridine rings is 1. The van der Waals surface area contributed by atoms with Crippen LogP contribution in [0.2, 0.25) is 5.02 Å². The van der Waals surface area contributed by atoms with Gasteiger partial charge in [-0.2, -0.15) is 0 Å². The van der Waals surface area contributed by atoms with Gasteiger partial charge in [-0.3, -0.25) is 4.79 Å². The van der Waals surface area contributed by atoms with Crippen LogP contribution in [0, 0.1) is 0 Å². The summed E-state index contributed by atoms with van der Waals surface area (Å²) >= 11 is 6.03. The molecular weight excluding hydrogens is 358 g/mol. The lowest BCUT2D eigenvalue weighted by Crippen LogP contribution is -2.19. The molecule has 0 amide bonds. The van der Waals surface area contributed by atoms with Crippen LogP contribution in [-0.2, 0) is 16.4 Å². The van der Waals surface area contributed by atoms with Crippen molar-refractivity contribution in [3.8, 4) is 0 Å². The zero-order chi connectivity index (χ0) is 18.0. The Morgan fingerprint density at radius 1 is 1.08 bits per heavy atom. The van der Waals surface area contributed by atoms with Crippen molar-refractivity contribution in [3.63, 3.8) is 0 Å². The first-order chi connectivity index (χ1) is 11.9. The first-order valence-corrected chi connectivity index (χ1v) is 9.94. The van der Waals surface area contributed by atoms with Crippen molar-refractivity contribution >= 4 is 32.3 Å². The van der Waals surface area contributed by atoms with Gasteiger partial charge in [-0.05, 0) is 36.8 Å². The predicted molar refractivity (Wildman–Crippen MR) is 100 cm³/mol. The summed E-state index contributed by atoms with van der Waals surface area (Å²) < 4.78 is 27.8. The molecule has 4 nitrogen and oxygen atoms in total. The van der Waals surface area contributed by atoms with Crippen molar-refractivity contribution in [1.82, 2.24) is 4.57 Å². The zero-order valence-electron chi connectivity index (χ0n) is 13.8. The Morgan fingerprint density at radius 3 is 2.48 bits per heavy atom. The Kier molecular flexibility index (Phi) is 4.97. The Morgan fingerprint density at radius 2 is 1.80 bits per heavy atom. The average Bonchev–Trinajstić information content (AvgIpc) is 2.62. The van der Waals surface area contributed by atoms with Crippen molar-refractivity contribution in [1.29, 1.82) is 0 Å². The number of benzene rings is 2. The molecule has 0 aliphatic carbocycles. The van der Waals surface area contributed by atoms with Gasteiger partial charge in [0.25, 0.3) is 0 Å². The maximum absolute atomic E-state index is 13.0. The molecule has 0 bridgehead atoms. The number of nitrogens with zero attached hydrogens (tertiary/aromatic N) is 1. The fourth-order valence-corrected chi connectivity index (χ4v) is 4.34. The molecule has 3 aromatic rings. The Labute approximate surface area is 151 Å². The first-order valence-electron chi connectivity index (χ1n) is 8.08. The third kappa shape index (κ3) is 3.34. The molecule has 0 aliphatic heterocycles. The van der Waals surface area contributed by atoms with Gasteiger partial charge in [0.15, 0.2) is 0 Å². The van der Waals surface area contributed by atoms with E-state index in [2.05, 4.69) is 6.92 Å². The van der Waals surface area contributed by atoms with E-state index in [1.54, 1.807) is 30.3 Å².